The molecule has 90 valence electrons. The molecule has 0 atom stereocenters. The van der Waals surface area contributed by atoms with E-state index >= 15 is 0 Å². The van der Waals surface area contributed by atoms with Gasteiger partial charge in [-0.05, 0) is 12.8 Å². The van der Waals surface area contributed by atoms with Crippen LogP contribution in [0.4, 0.5) is 0 Å². The average molecular weight is 223 g/mol. The molecule has 0 aromatic carbocycles. The van der Waals surface area contributed by atoms with Crippen molar-refractivity contribution in [2.75, 3.05) is 6.54 Å². The minimum absolute atomic E-state index is 0.347. The molecule has 0 aliphatic heterocycles. The topological polar surface area (TPSA) is 51.0 Å². The lowest BCUT2D eigenvalue weighted by Gasteiger charge is -2.09. The molecule has 16 heavy (non-hydrogen) atoms. The average Bonchev–Trinajstić information content (AvgIpc) is 2.87. The summed E-state index contributed by atoms with van der Waals surface area (Å²) in [4.78, 5) is 4.36. The Morgan fingerprint density at radius 2 is 2.12 bits per heavy atom. The fourth-order valence-electron chi connectivity index (χ4n) is 2.12. The van der Waals surface area contributed by atoms with Gasteiger partial charge in [0.2, 0.25) is 5.89 Å². The molecule has 2 rings (SSSR count). The summed E-state index contributed by atoms with van der Waals surface area (Å²) in [5, 5.41) is 7.49. The monoisotopic (exact) mass is 223 g/mol. The highest BCUT2D eigenvalue weighted by Gasteiger charge is 2.14. The molecule has 0 saturated heterocycles. The number of rotatable bonds is 5. The molecule has 0 amide bonds. The van der Waals surface area contributed by atoms with Gasteiger partial charge in [-0.15, -0.1) is 0 Å². The van der Waals surface area contributed by atoms with Gasteiger partial charge in [-0.1, -0.05) is 31.8 Å². The highest BCUT2D eigenvalue weighted by molar-refractivity contribution is 4.92. The highest BCUT2D eigenvalue weighted by Crippen LogP contribution is 2.17. The molecule has 1 aromatic rings. The Morgan fingerprint density at radius 3 is 2.75 bits per heavy atom. The Morgan fingerprint density at radius 1 is 1.38 bits per heavy atom. The first-order chi connectivity index (χ1) is 7.75. The van der Waals surface area contributed by atoms with Gasteiger partial charge in [0.05, 0.1) is 0 Å². The maximum Gasteiger partial charge on any atom is 0.227 e. The molecule has 1 aliphatic rings. The van der Waals surface area contributed by atoms with Gasteiger partial charge in [-0.25, -0.2) is 0 Å². The van der Waals surface area contributed by atoms with E-state index in [4.69, 9.17) is 4.52 Å². The molecular formula is C12H21N3O. The molecule has 0 unspecified atom stereocenters. The van der Waals surface area contributed by atoms with Crippen molar-refractivity contribution in [2.45, 2.75) is 57.9 Å². The van der Waals surface area contributed by atoms with E-state index in [9.17, 15) is 0 Å². The van der Waals surface area contributed by atoms with Gasteiger partial charge in [0, 0.05) is 24.9 Å². The predicted molar refractivity (Wildman–Crippen MR) is 62.3 cm³/mol. The van der Waals surface area contributed by atoms with Crippen LogP contribution in [0.2, 0.25) is 0 Å². The first kappa shape index (κ1) is 11.6. The first-order valence-corrected chi connectivity index (χ1v) is 6.31. The second-order valence-electron chi connectivity index (χ2n) is 4.89. The molecule has 4 nitrogen and oxygen atoms in total. The minimum Gasteiger partial charge on any atom is -0.339 e. The lowest BCUT2D eigenvalue weighted by atomic mass is 10.2. The van der Waals surface area contributed by atoms with E-state index in [0.717, 1.165) is 24.7 Å². The van der Waals surface area contributed by atoms with E-state index in [1.165, 1.54) is 25.7 Å². The van der Waals surface area contributed by atoms with Crippen molar-refractivity contribution in [2.24, 2.45) is 0 Å². The van der Waals surface area contributed by atoms with Crippen LogP contribution in [-0.4, -0.2) is 22.7 Å². The molecule has 1 fully saturated rings. The van der Waals surface area contributed by atoms with Crippen molar-refractivity contribution in [1.29, 1.82) is 0 Å². The van der Waals surface area contributed by atoms with Crippen molar-refractivity contribution in [3.05, 3.63) is 11.7 Å². The summed E-state index contributed by atoms with van der Waals surface area (Å²) in [6, 6.07) is 0.715. The normalized spacial score (nSPS) is 17.4. The van der Waals surface area contributed by atoms with Crippen LogP contribution in [-0.2, 0) is 6.42 Å². The van der Waals surface area contributed by atoms with Crippen LogP contribution < -0.4 is 5.32 Å². The van der Waals surface area contributed by atoms with Gasteiger partial charge in [0.25, 0.3) is 0 Å². The van der Waals surface area contributed by atoms with E-state index in [1.54, 1.807) is 0 Å². The summed E-state index contributed by atoms with van der Waals surface area (Å²) in [6.45, 7) is 5.10. The largest absolute Gasteiger partial charge is 0.339 e. The van der Waals surface area contributed by atoms with Crippen LogP contribution >= 0.6 is 0 Å². The zero-order valence-electron chi connectivity index (χ0n) is 10.2. The van der Waals surface area contributed by atoms with Crippen LogP contribution in [0.25, 0.3) is 0 Å². The van der Waals surface area contributed by atoms with E-state index in [2.05, 4.69) is 29.3 Å². The van der Waals surface area contributed by atoms with Crippen molar-refractivity contribution in [3.8, 4) is 0 Å². The van der Waals surface area contributed by atoms with Crippen LogP contribution in [0.1, 0.15) is 57.2 Å². The third kappa shape index (κ3) is 3.04. The molecule has 1 aromatic heterocycles. The number of nitrogens with zero attached hydrogens (tertiary/aromatic N) is 2. The third-order valence-electron chi connectivity index (χ3n) is 3.13. The van der Waals surface area contributed by atoms with Gasteiger partial charge in [-0.2, -0.15) is 4.98 Å². The van der Waals surface area contributed by atoms with Crippen molar-refractivity contribution < 1.29 is 4.52 Å². The second-order valence-corrected chi connectivity index (χ2v) is 4.89. The maximum absolute atomic E-state index is 5.19. The van der Waals surface area contributed by atoms with Gasteiger partial charge in [-0.3, -0.25) is 0 Å². The van der Waals surface area contributed by atoms with Gasteiger partial charge in [0.1, 0.15) is 0 Å². The van der Waals surface area contributed by atoms with Crippen LogP contribution in [0.5, 0.6) is 0 Å². The predicted octanol–water partition coefficient (Wildman–Crippen LogP) is 2.27. The molecule has 1 N–H and O–H groups in total. The number of nitrogens with one attached hydrogen (secondary N) is 1. The highest BCUT2D eigenvalue weighted by atomic mass is 16.5. The maximum atomic E-state index is 5.19. The van der Waals surface area contributed by atoms with Crippen molar-refractivity contribution >= 4 is 0 Å². The SMILES string of the molecule is CC(C)c1noc(CCNC2CCCC2)n1. The zero-order chi connectivity index (χ0) is 11.4. The van der Waals surface area contributed by atoms with Crippen LogP contribution in [0, 0.1) is 0 Å². The van der Waals surface area contributed by atoms with E-state index in [-0.39, 0.29) is 0 Å². The Kier molecular flexibility index (Phi) is 3.93. The molecule has 0 spiro atoms. The summed E-state index contributed by atoms with van der Waals surface area (Å²) < 4.78 is 5.19. The lowest BCUT2D eigenvalue weighted by molar-refractivity contribution is 0.366. The van der Waals surface area contributed by atoms with E-state index in [1.807, 2.05) is 0 Å². The first-order valence-electron chi connectivity index (χ1n) is 6.31. The molecule has 1 aliphatic carbocycles. The van der Waals surface area contributed by atoms with Gasteiger partial charge in [0.15, 0.2) is 5.82 Å². The van der Waals surface area contributed by atoms with Crippen LogP contribution in [0.15, 0.2) is 4.52 Å². The number of hydrogen-bond acceptors (Lipinski definition) is 4. The summed E-state index contributed by atoms with van der Waals surface area (Å²) in [5.74, 6) is 1.92. The van der Waals surface area contributed by atoms with E-state index in [0.29, 0.717) is 12.0 Å². The Bertz CT molecular complexity index is 316. The Hall–Kier alpha value is -0.900. The Balaban J connectivity index is 1.72. The summed E-state index contributed by atoms with van der Waals surface area (Å²) >= 11 is 0. The summed E-state index contributed by atoms with van der Waals surface area (Å²) in [5.41, 5.74) is 0. The van der Waals surface area contributed by atoms with Gasteiger partial charge >= 0.3 is 0 Å². The summed E-state index contributed by atoms with van der Waals surface area (Å²) in [7, 11) is 0. The number of hydrogen-bond donors (Lipinski definition) is 1. The number of aromatic nitrogens is 2. The molecule has 0 bridgehead atoms. The molecule has 1 saturated carbocycles. The van der Waals surface area contributed by atoms with E-state index < -0.39 is 0 Å². The van der Waals surface area contributed by atoms with Crippen molar-refractivity contribution in [1.82, 2.24) is 15.5 Å². The molecule has 1 heterocycles. The van der Waals surface area contributed by atoms with Crippen molar-refractivity contribution in [3.63, 3.8) is 0 Å². The second kappa shape index (κ2) is 5.43. The third-order valence-corrected chi connectivity index (χ3v) is 3.13. The molecular weight excluding hydrogens is 202 g/mol. The smallest absolute Gasteiger partial charge is 0.227 e. The summed E-state index contributed by atoms with van der Waals surface area (Å²) in [6.07, 6.45) is 6.23. The molecule has 0 radical (unpaired) electrons. The fourth-order valence-corrected chi connectivity index (χ4v) is 2.12. The quantitative estimate of drug-likeness (QED) is 0.832. The standard InChI is InChI=1S/C12H21N3O/c1-9(2)12-14-11(16-15-12)7-8-13-10-5-3-4-6-10/h9-10,13H,3-8H2,1-2H3. The minimum atomic E-state index is 0.347. The fraction of sp³-hybridized carbons (Fsp3) is 0.833. The zero-order valence-corrected chi connectivity index (χ0v) is 10.2. The van der Waals surface area contributed by atoms with Crippen LogP contribution in [0.3, 0.4) is 0 Å². The van der Waals surface area contributed by atoms with Gasteiger partial charge < -0.3 is 9.84 Å². The lowest BCUT2D eigenvalue weighted by Crippen LogP contribution is -2.28. The molecule has 4 heteroatoms. The Labute approximate surface area is 96.8 Å².